The van der Waals surface area contributed by atoms with Crippen LogP contribution in [0.15, 0.2) is 22.1 Å². The van der Waals surface area contributed by atoms with Crippen LogP contribution in [0.5, 0.6) is 0 Å². The fourth-order valence-corrected chi connectivity index (χ4v) is 3.34. The molecule has 2 aromatic rings. The Hall–Kier alpha value is -1.25. The smallest absolute Gasteiger partial charge is 0.244 e. The standard InChI is InChI=1S/C13H18BrN5OS/c1-3-18(6-10-4-5-12(14)21-10)13(20)8-19-7-11(9(2)15)16-17-19/h4-5,7,9H,3,6,8,15H2,1-2H3. The molecule has 2 rings (SSSR count). The molecule has 2 aromatic heterocycles. The lowest BCUT2D eigenvalue weighted by molar-refractivity contribution is -0.132. The van der Waals surface area contributed by atoms with E-state index in [4.69, 9.17) is 5.73 Å². The normalized spacial score (nSPS) is 12.4. The molecular formula is C13H18BrN5OS. The van der Waals surface area contributed by atoms with Gasteiger partial charge in [0.1, 0.15) is 6.54 Å². The Labute approximate surface area is 136 Å². The van der Waals surface area contributed by atoms with Gasteiger partial charge in [0, 0.05) is 17.5 Å². The number of carbonyl (C=O) groups excluding carboxylic acids is 1. The minimum absolute atomic E-state index is 0.0168. The summed E-state index contributed by atoms with van der Waals surface area (Å²) in [5, 5.41) is 7.89. The molecule has 0 aliphatic rings. The lowest BCUT2D eigenvalue weighted by Crippen LogP contribution is -2.33. The Bertz CT molecular complexity index is 609. The summed E-state index contributed by atoms with van der Waals surface area (Å²) in [5.41, 5.74) is 6.42. The third-order valence-corrected chi connectivity index (χ3v) is 4.64. The Kier molecular flexibility index (Phi) is 5.49. The van der Waals surface area contributed by atoms with Crippen molar-refractivity contribution < 1.29 is 4.79 Å². The molecule has 0 aromatic carbocycles. The first-order chi connectivity index (χ1) is 9.99. The summed E-state index contributed by atoms with van der Waals surface area (Å²) in [6.45, 7) is 5.25. The SMILES string of the molecule is CCN(Cc1ccc(Br)s1)C(=O)Cn1cc(C(C)N)nn1. The number of likely N-dealkylation sites (N-methyl/N-ethyl adjacent to an activating group) is 1. The first kappa shape index (κ1) is 16.1. The van der Waals surface area contributed by atoms with E-state index in [9.17, 15) is 4.79 Å². The molecule has 1 atom stereocenters. The van der Waals surface area contributed by atoms with E-state index in [1.807, 2.05) is 26.0 Å². The zero-order chi connectivity index (χ0) is 15.4. The zero-order valence-electron chi connectivity index (χ0n) is 12.0. The lowest BCUT2D eigenvalue weighted by Gasteiger charge is -2.19. The van der Waals surface area contributed by atoms with Crippen LogP contribution < -0.4 is 5.73 Å². The average molecular weight is 372 g/mol. The second-order valence-electron chi connectivity index (χ2n) is 4.74. The molecule has 0 spiro atoms. The molecule has 0 saturated heterocycles. The second-order valence-corrected chi connectivity index (χ2v) is 7.29. The van der Waals surface area contributed by atoms with Crippen LogP contribution in [0.2, 0.25) is 0 Å². The lowest BCUT2D eigenvalue weighted by atomic mass is 10.3. The number of halogens is 1. The van der Waals surface area contributed by atoms with Crippen molar-refractivity contribution in [3.8, 4) is 0 Å². The molecule has 21 heavy (non-hydrogen) atoms. The highest BCUT2D eigenvalue weighted by Crippen LogP contribution is 2.23. The fourth-order valence-electron chi connectivity index (χ4n) is 1.84. The Morgan fingerprint density at radius 3 is 2.86 bits per heavy atom. The predicted molar refractivity (Wildman–Crippen MR) is 85.7 cm³/mol. The molecule has 0 aliphatic carbocycles. The van der Waals surface area contributed by atoms with E-state index in [1.165, 1.54) is 4.68 Å². The molecule has 114 valence electrons. The molecule has 0 fully saturated rings. The van der Waals surface area contributed by atoms with E-state index in [2.05, 4.69) is 26.2 Å². The molecule has 0 saturated carbocycles. The minimum atomic E-state index is -0.181. The zero-order valence-corrected chi connectivity index (χ0v) is 14.4. The number of nitrogens with two attached hydrogens (primary N) is 1. The van der Waals surface area contributed by atoms with Crippen LogP contribution in [0.25, 0.3) is 0 Å². The van der Waals surface area contributed by atoms with Crippen LogP contribution in [0.3, 0.4) is 0 Å². The van der Waals surface area contributed by atoms with Gasteiger partial charge in [-0.25, -0.2) is 4.68 Å². The number of thiophene rings is 1. The van der Waals surface area contributed by atoms with Gasteiger partial charge in [-0.05, 0) is 41.9 Å². The van der Waals surface area contributed by atoms with E-state index in [1.54, 1.807) is 22.4 Å². The van der Waals surface area contributed by atoms with E-state index in [0.717, 1.165) is 8.66 Å². The number of nitrogens with zero attached hydrogens (tertiary/aromatic N) is 4. The second kappa shape index (κ2) is 7.15. The number of carbonyl (C=O) groups is 1. The molecule has 0 bridgehead atoms. The molecule has 0 radical (unpaired) electrons. The van der Waals surface area contributed by atoms with Crippen molar-refractivity contribution in [2.24, 2.45) is 5.73 Å². The highest BCUT2D eigenvalue weighted by atomic mass is 79.9. The molecular weight excluding hydrogens is 354 g/mol. The van der Waals surface area contributed by atoms with Gasteiger partial charge in [0.05, 0.1) is 22.2 Å². The highest BCUT2D eigenvalue weighted by molar-refractivity contribution is 9.11. The van der Waals surface area contributed by atoms with Crippen molar-refractivity contribution in [2.75, 3.05) is 6.54 Å². The van der Waals surface area contributed by atoms with Gasteiger partial charge in [0.15, 0.2) is 0 Å². The maximum absolute atomic E-state index is 12.3. The van der Waals surface area contributed by atoms with Gasteiger partial charge in [-0.1, -0.05) is 5.21 Å². The summed E-state index contributed by atoms with van der Waals surface area (Å²) in [4.78, 5) is 15.3. The van der Waals surface area contributed by atoms with E-state index < -0.39 is 0 Å². The van der Waals surface area contributed by atoms with Gasteiger partial charge in [-0.15, -0.1) is 16.4 Å². The summed E-state index contributed by atoms with van der Waals surface area (Å²) >= 11 is 5.07. The van der Waals surface area contributed by atoms with Gasteiger partial charge in [0.25, 0.3) is 0 Å². The van der Waals surface area contributed by atoms with E-state index in [-0.39, 0.29) is 18.5 Å². The van der Waals surface area contributed by atoms with Crippen LogP contribution in [0.1, 0.15) is 30.5 Å². The van der Waals surface area contributed by atoms with Gasteiger partial charge >= 0.3 is 0 Å². The maximum atomic E-state index is 12.3. The number of rotatable bonds is 6. The van der Waals surface area contributed by atoms with Crippen LogP contribution in [0, 0.1) is 0 Å². The highest BCUT2D eigenvalue weighted by Gasteiger charge is 2.15. The number of hydrogen-bond acceptors (Lipinski definition) is 5. The fraction of sp³-hybridized carbons (Fsp3) is 0.462. The third kappa shape index (κ3) is 4.36. The number of aromatic nitrogens is 3. The van der Waals surface area contributed by atoms with Gasteiger partial charge in [-0.3, -0.25) is 4.79 Å². The molecule has 2 heterocycles. The van der Waals surface area contributed by atoms with Crippen LogP contribution >= 0.6 is 27.3 Å². The first-order valence-electron chi connectivity index (χ1n) is 6.67. The Balaban J connectivity index is 1.99. The summed E-state index contributed by atoms with van der Waals surface area (Å²) in [7, 11) is 0. The van der Waals surface area contributed by atoms with Crippen molar-refractivity contribution in [3.63, 3.8) is 0 Å². The maximum Gasteiger partial charge on any atom is 0.244 e. The van der Waals surface area contributed by atoms with Crippen molar-refractivity contribution >= 4 is 33.2 Å². The van der Waals surface area contributed by atoms with Crippen LogP contribution in [-0.4, -0.2) is 32.3 Å². The van der Waals surface area contributed by atoms with Gasteiger partial charge in [0.2, 0.25) is 5.91 Å². The largest absolute Gasteiger partial charge is 0.336 e. The van der Waals surface area contributed by atoms with Gasteiger partial charge in [-0.2, -0.15) is 0 Å². The quantitative estimate of drug-likeness (QED) is 0.843. The Morgan fingerprint density at radius 1 is 1.57 bits per heavy atom. The summed E-state index contributed by atoms with van der Waals surface area (Å²) < 4.78 is 2.60. The van der Waals surface area contributed by atoms with Crippen LogP contribution in [-0.2, 0) is 17.9 Å². The molecule has 1 unspecified atom stereocenters. The van der Waals surface area contributed by atoms with Crippen molar-refractivity contribution in [1.82, 2.24) is 19.9 Å². The van der Waals surface area contributed by atoms with E-state index >= 15 is 0 Å². The topological polar surface area (TPSA) is 77.0 Å². The summed E-state index contributed by atoms with van der Waals surface area (Å²) in [5.74, 6) is 0.0168. The molecule has 8 heteroatoms. The molecule has 0 aliphatic heterocycles. The average Bonchev–Trinajstić information content (AvgIpc) is 3.05. The third-order valence-electron chi connectivity index (χ3n) is 3.03. The summed E-state index contributed by atoms with van der Waals surface area (Å²) in [6, 6.07) is 3.83. The minimum Gasteiger partial charge on any atom is -0.336 e. The van der Waals surface area contributed by atoms with E-state index in [0.29, 0.717) is 18.8 Å². The van der Waals surface area contributed by atoms with Crippen LogP contribution in [0.4, 0.5) is 0 Å². The predicted octanol–water partition coefficient (Wildman–Crippen LogP) is 2.17. The number of amides is 1. The van der Waals surface area contributed by atoms with Crippen molar-refractivity contribution in [2.45, 2.75) is 33.0 Å². The molecule has 6 nitrogen and oxygen atoms in total. The monoisotopic (exact) mass is 371 g/mol. The van der Waals surface area contributed by atoms with Gasteiger partial charge < -0.3 is 10.6 Å². The number of hydrogen-bond donors (Lipinski definition) is 1. The first-order valence-corrected chi connectivity index (χ1v) is 8.28. The Morgan fingerprint density at radius 2 is 2.33 bits per heavy atom. The summed E-state index contributed by atoms with van der Waals surface area (Å²) in [6.07, 6.45) is 1.72. The van der Waals surface area contributed by atoms with Crippen molar-refractivity contribution in [3.05, 3.63) is 32.7 Å². The van der Waals surface area contributed by atoms with Crippen molar-refractivity contribution in [1.29, 1.82) is 0 Å². The molecule has 1 amide bonds. The molecule has 2 N–H and O–H groups in total.